The first-order chi connectivity index (χ1) is 11.3. The number of ketones is 1. The smallest absolute Gasteiger partial charge is 0.166 e. The summed E-state index contributed by atoms with van der Waals surface area (Å²) in [5.41, 5.74) is 2.08. The van der Waals surface area contributed by atoms with Crippen LogP contribution in [0.1, 0.15) is 42.5 Å². The molecule has 0 saturated carbocycles. The number of piperidine rings is 2. The first kappa shape index (κ1) is 15.2. The van der Waals surface area contributed by atoms with Gasteiger partial charge in [-0.25, -0.2) is 0 Å². The highest BCUT2D eigenvalue weighted by Crippen LogP contribution is 2.32. The number of morpholine rings is 1. The van der Waals surface area contributed by atoms with Crippen molar-refractivity contribution in [2.24, 2.45) is 5.92 Å². The van der Waals surface area contributed by atoms with E-state index in [0.717, 1.165) is 44.7 Å². The number of nitrogens with zero attached hydrogens (tertiary/aromatic N) is 1. The van der Waals surface area contributed by atoms with Crippen LogP contribution in [-0.4, -0.2) is 44.2 Å². The van der Waals surface area contributed by atoms with Gasteiger partial charge in [0, 0.05) is 42.3 Å². The molecule has 4 rings (SSSR count). The lowest BCUT2D eigenvalue weighted by atomic mass is 9.77. The highest BCUT2D eigenvalue weighted by atomic mass is 16.5. The number of hydrogen-bond donors (Lipinski definition) is 1. The largest absolute Gasteiger partial charge is 0.378 e. The molecule has 4 heteroatoms. The molecule has 0 amide bonds. The molecule has 0 aromatic heterocycles. The second-order valence-electron chi connectivity index (χ2n) is 7.17. The topological polar surface area (TPSA) is 41.6 Å². The van der Waals surface area contributed by atoms with Gasteiger partial charge in [-0.2, -0.15) is 0 Å². The van der Waals surface area contributed by atoms with Crippen LogP contribution in [0.3, 0.4) is 0 Å². The molecule has 2 unspecified atom stereocenters. The van der Waals surface area contributed by atoms with E-state index in [-0.39, 0.29) is 5.92 Å². The Kier molecular flexibility index (Phi) is 4.36. The van der Waals surface area contributed by atoms with Crippen molar-refractivity contribution in [2.75, 3.05) is 31.2 Å². The highest BCUT2D eigenvalue weighted by molar-refractivity contribution is 5.98. The van der Waals surface area contributed by atoms with Gasteiger partial charge in [0.15, 0.2) is 5.78 Å². The molecule has 0 radical (unpaired) electrons. The minimum absolute atomic E-state index is 0.209. The molecule has 3 heterocycles. The average molecular weight is 314 g/mol. The van der Waals surface area contributed by atoms with E-state index in [0.29, 0.717) is 17.9 Å². The van der Waals surface area contributed by atoms with E-state index in [9.17, 15) is 4.79 Å². The first-order valence-corrected chi connectivity index (χ1v) is 9.02. The van der Waals surface area contributed by atoms with Crippen LogP contribution in [-0.2, 0) is 4.74 Å². The summed E-state index contributed by atoms with van der Waals surface area (Å²) < 4.78 is 5.40. The van der Waals surface area contributed by atoms with Gasteiger partial charge in [-0.3, -0.25) is 4.79 Å². The molecule has 3 saturated heterocycles. The lowest BCUT2D eigenvalue weighted by Gasteiger charge is -2.39. The molecule has 0 aliphatic carbocycles. The zero-order chi connectivity index (χ0) is 15.6. The van der Waals surface area contributed by atoms with Crippen LogP contribution in [0.2, 0.25) is 0 Å². The molecule has 3 fully saturated rings. The maximum atomic E-state index is 12.9. The fourth-order valence-electron chi connectivity index (χ4n) is 4.37. The molecule has 2 bridgehead atoms. The molecule has 0 spiro atoms. The maximum absolute atomic E-state index is 12.9. The lowest BCUT2D eigenvalue weighted by Crippen LogP contribution is -2.50. The molecule has 1 aromatic rings. The van der Waals surface area contributed by atoms with E-state index >= 15 is 0 Å². The monoisotopic (exact) mass is 314 g/mol. The third-order valence-electron chi connectivity index (χ3n) is 5.61. The van der Waals surface area contributed by atoms with E-state index in [1.54, 1.807) is 0 Å². The molecular formula is C19H26N2O2. The number of Topliss-reactive ketones (excluding diaryl/α,β-unsaturated/α-hetero) is 1. The number of rotatable bonds is 3. The van der Waals surface area contributed by atoms with Gasteiger partial charge in [-0.05, 0) is 49.9 Å². The molecule has 1 aromatic carbocycles. The van der Waals surface area contributed by atoms with Crippen molar-refractivity contribution in [1.82, 2.24) is 5.32 Å². The minimum Gasteiger partial charge on any atom is -0.378 e. The quantitative estimate of drug-likeness (QED) is 0.871. The van der Waals surface area contributed by atoms with Gasteiger partial charge in [-0.15, -0.1) is 0 Å². The Morgan fingerprint density at radius 1 is 1.04 bits per heavy atom. The zero-order valence-electron chi connectivity index (χ0n) is 13.7. The Bertz CT molecular complexity index is 539. The number of nitrogens with one attached hydrogen (secondary N) is 1. The van der Waals surface area contributed by atoms with Crippen molar-refractivity contribution in [1.29, 1.82) is 0 Å². The van der Waals surface area contributed by atoms with Crippen molar-refractivity contribution in [3.8, 4) is 0 Å². The van der Waals surface area contributed by atoms with Gasteiger partial charge in [0.25, 0.3) is 0 Å². The number of ether oxygens (including phenoxy) is 1. The first-order valence-electron chi connectivity index (χ1n) is 9.02. The van der Waals surface area contributed by atoms with Crippen molar-refractivity contribution < 1.29 is 9.53 Å². The fourth-order valence-corrected chi connectivity index (χ4v) is 4.37. The van der Waals surface area contributed by atoms with E-state index in [1.807, 2.05) is 12.1 Å². The summed E-state index contributed by atoms with van der Waals surface area (Å²) in [6.45, 7) is 3.45. The number of hydrogen-bond acceptors (Lipinski definition) is 4. The Balaban J connectivity index is 1.44. The lowest BCUT2D eigenvalue weighted by molar-refractivity contribution is 0.0825. The summed E-state index contributed by atoms with van der Waals surface area (Å²) in [7, 11) is 0. The molecule has 124 valence electrons. The van der Waals surface area contributed by atoms with E-state index in [4.69, 9.17) is 4.74 Å². The summed E-state index contributed by atoms with van der Waals surface area (Å²) in [5, 5.41) is 3.67. The number of carbonyl (C=O) groups excluding carboxylic acids is 1. The third kappa shape index (κ3) is 3.29. The van der Waals surface area contributed by atoms with E-state index in [1.165, 1.54) is 24.9 Å². The summed E-state index contributed by atoms with van der Waals surface area (Å²) in [6.07, 6.45) is 5.81. The zero-order valence-corrected chi connectivity index (χ0v) is 13.7. The second kappa shape index (κ2) is 6.62. The van der Waals surface area contributed by atoms with Crippen molar-refractivity contribution >= 4 is 11.5 Å². The van der Waals surface area contributed by atoms with Crippen LogP contribution >= 0.6 is 0 Å². The maximum Gasteiger partial charge on any atom is 0.166 e. The van der Waals surface area contributed by atoms with Crippen LogP contribution in [0.5, 0.6) is 0 Å². The van der Waals surface area contributed by atoms with Crippen molar-refractivity contribution in [3.63, 3.8) is 0 Å². The van der Waals surface area contributed by atoms with Gasteiger partial charge in [0.1, 0.15) is 0 Å². The number of fused-ring (bicyclic) bond motifs is 2. The highest BCUT2D eigenvalue weighted by Gasteiger charge is 2.34. The Morgan fingerprint density at radius 3 is 2.35 bits per heavy atom. The SMILES string of the molecule is O=C(c1ccc(N2CCOCC2)cc1)C1CC2CCCC(C1)N2. The second-order valence-corrected chi connectivity index (χ2v) is 7.17. The van der Waals surface area contributed by atoms with Crippen LogP contribution in [0.4, 0.5) is 5.69 Å². The van der Waals surface area contributed by atoms with E-state index < -0.39 is 0 Å². The standard InChI is InChI=1S/C19H26N2O2/c22-19(15-12-16-2-1-3-17(13-15)20-16)14-4-6-18(7-5-14)21-8-10-23-11-9-21/h4-7,15-17,20H,1-3,8-13H2. The minimum atomic E-state index is 0.209. The molecule has 4 nitrogen and oxygen atoms in total. The van der Waals surface area contributed by atoms with Gasteiger partial charge < -0.3 is 15.0 Å². The molecule has 2 atom stereocenters. The summed E-state index contributed by atoms with van der Waals surface area (Å²) in [5.74, 6) is 0.553. The van der Waals surface area contributed by atoms with E-state index in [2.05, 4.69) is 22.3 Å². The molecule has 1 N–H and O–H groups in total. The van der Waals surface area contributed by atoms with Gasteiger partial charge in [-0.1, -0.05) is 6.42 Å². The number of carbonyl (C=O) groups is 1. The number of benzene rings is 1. The summed E-state index contributed by atoms with van der Waals surface area (Å²) in [4.78, 5) is 15.2. The fraction of sp³-hybridized carbons (Fsp3) is 0.632. The van der Waals surface area contributed by atoms with Crippen molar-refractivity contribution in [2.45, 2.75) is 44.2 Å². The molecular weight excluding hydrogens is 288 g/mol. The molecule has 23 heavy (non-hydrogen) atoms. The van der Waals surface area contributed by atoms with Crippen LogP contribution in [0.15, 0.2) is 24.3 Å². The van der Waals surface area contributed by atoms with Crippen LogP contribution < -0.4 is 10.2 Å². The van der Waals surface area contributed by atoms with Gasteiger partial charge in [0.05, 0.1) is 13.2 Å². The Morgan fingerprint density at radius 2 is 1.70 bits per heavy atom. The predicted octanol–water partition coefficient (Wildman–Crippen LogP) is 2.63. The Hall–Kier alpha value is -1.39. The van der Waals surface area contributed by atoms with Gasteiger partial charge in [0.2, 0.25) is 0 Å². The number of anilines is 1. The molecule has 3 aliphatic heterocycles. The third-order valence-corrected chi connectivity index (χ3v) is 5.61. The normalized spacial score (nSPS) is 31.0. The molecule has 3 aliphatic rings. The Labute approximate surface area is 138 Å². The average Bonchev–Trinajstić information content (AvgIpc) is 2.62. The predicted molar refractivity (Wildman–Crippen MR) is 91.1 cm³/mol. The van der Waals surface area contributed by atoms with Crippen LogP contribution in [0.25, 0.3) is 0 Å². The van der Waals surface area contributed by atoms with Crippen molar-refractivity contribution in [3.05, 3.63) is 29.8 Å². The summed E-state index contributed by atoms with van der Waals surface area (Å²) >= 11 is 0. The van der Waals surface area contributed by atoms with Crippen LogP contribution in [0, 0.1) is 5.92 Å². The summed E-state index contributed by atoms with van der Waals surface area (Å²) in [6, 6.07) is 9.35. The van der Waals surface area contributed by atoms with Gasteiger partial charge >= 0.3 is 0 Å².